The van der Waals surface area contributed by atoms with Gasteiger partial charge in [-0.1, -0.05) is 12.1 Å². The van der Waals surface area contributed by atoms with Gasteiger partial charge in [0.1, 0.15) is 0 Å². The van der Waals surface area contributed by atoms with Crippen molar-refractivity contribution in [3.63, 3.8) is 0 Å². The molecule has 1 N–H and O–H groups in total. The Morgan fingerprint density at radius 2 is 2.26 bits per heavy atom. The predicted octanol–water partition coefficient (Wildman–Crippen LogP) is 2.62. The summed E-state index contributed by atoms with van der Waals surface area (Å²) in [5.41, 5.74) is 0.0272. The van der Waals surface area contributed by atoms with Crippen LogP contribution in [0.15, 0.2) is 4.52 Å². The highest BCUT2D eigenvalue weighted by atomic mass is 32.2. The van der Waals surface area contributed by atoms with Gasteiger partial charge in [0.25, 0.3) is 0 Å². The van der Waals surface area contributed by atoms with Gasteiger partial charge in [-0.15, -0.1) is 11.8 Å². The summed E-state index contributed by atoms with van der Waals surface area (Å²) in [4.78, 5) is 4.73. The molecule has 3 atom stereocenters. The first-order valence-electron chi connectivity index (χ1n) is 7.01. The van der Waals surface area contributed by atoms with Crippen molar-refractivity contribution in [2.75, 3.05) is 24.6 Å². The van der Waals surface area contributed by atoms with Crippen LogP contribution in [0.2, 0.25) is 0 Å². The third kappa shape index (κ3) is 2.67. The van der Waals surface area contributed by atoms with Crippen molar-refractivity contribution in [1.82, 2.24) is 15.5 Å². The first kappa shape index (κ1) is 13.8. The van der Waals surface area contributed by atoms with E-state index in [4.69, 9.17) is 9.51 Å². The number of rotatable bonds is 3. The van der Waals surface area contributed by atoms with Crippen LogP contribution >= 0.6 is 23.5 Å². The summed E-state index contributed by atoms with van der Waals surface area (Å²) in [5, 5.41) is 8.69. The molecular weight excluding hydrogens is 278 g/mol. The molecule has 0 radical (unpaired) electrons. The molecule has 6 heteroatoms. The van der Waals surface area contributed by atoms with E-state index in [1.165, 1.54) is 17.9 Å². The standard InChI is InChI=1S/C13H21N3OS2/c1-3-9-10(19-7-6-18-9)11-15-12(17-16-11)13(2)4-5-14-8-13/h9-10,14H,3-8H2,1-2H3. The van der Waals surface area contributed by atoms with E-state index in [0.29, 0.717) is 10.5 Å². The fraction of sp³-hybridized carbons (Fsp3) is 0.846. The van der Waals surface area contributed by atoms with E-state index in [0.717, 1.165) is 31.2 Å². The molecule has 3 heterocycles. The first-order valence-corrected chi connectivity index (χ1v) is 9.11. The average Bonchev–Trinajstić information content (AvgIpc) is 3.08. The second-order valence-corrected chi connectivity index (χ2v) is 8.15. The summed E-state index contributed by atoms with van der Waals surface area (Å²) in [5.74, 6) is 4.16. The van der Waals surface area contributed by atoms with Crippen LogP contribution in [0.3, 0.4) is 0 Å². The number of aromatic nitrogens is 2. The molecule has 1 aromatic rings. The Morgan fingerprint density at radius 1 is 1.42 bits per heavy atom. The lowest BCUT2D eigenvalue weighted by Gasteiger charge is -2.27. The van der Waals surface area contributed by atoms with Crippen molar-refractivity contribution in [3.8, 4) is 0 Å². The maximum absolute atomic E-state index is 5.57. The minimum atomic E-state index is 0.0272. The molecule has 3 unspecified atom stereocenters. The van der Waals surface area contributed by atoms with Crippen LogP contribution in [0.5, 0.6) is 0 Å². The van der Waals surface area contributed by atoms with Crippen molar-refractivity contribution in [2.24, 2.45) is 0 Å². The van der Waals surface area contributed by atoms with Gasteiger partial charge in [0.2, 0.25) is 5.89 Å². The maximum Gasteiger partial charge on any atom is 0.233 e. The molecule has 0 bridgehead atoms. The van der Waals surface area contributed by atoms with Gasteiger partial charge >= 0.3 is 0 Å². The van der Waals surface area contributed by atoms with Gasteiger partial charge in [-0.3, -0.25) is 0 Å². The lowest BCUT2D eigenvalue weighted by molar-refractivity contribution is 0.304. The van der Waals surface area contributed by atoms with Crippen LogP contribution in [-0.2, 0) is 5.41 Å². The Hall–Kier alpha value is -0.200. The zero-order chi connectivity index (χ0) is 13.3. The Bertz CT molecular complexity index is 431. The van der Waals surface area contributed by atoms with Crippen molar-refractivity contribution < 1.29 is 4.52 Å². The van der Waals surface area contributed by atoms with Gasteiger partial charge in [-0.2, -0.15) is 16.7 Å². The molecule has 0 aromatic carbocycles. The lowest BCUT2D eigenvalue weighted by Crippen LogP contribution is -2.25. The van der Waals surface area contributed by atoms with Gasteiger partial charge in [-0.25, -0.2) is 0 Å². The Kier molecular flexibility index (Phi) is 4.10. The summed E-state index contributed by atoms with van der Waals surface area (Å²) in [7, 11) is 0. The summed E-state index contributed by atoms with van der Waals surface area (Å²) in [6, 6.07) is 0. The maximum atomic E-state index is 5.57. The van der Waals surface area contributed by atoms with E-state index < -0.39 is 0 Å². The van der Waals surface area contributed by atoms with Crippen LogP contribution < -0.4 is 5.32 Å². The van der Waals surface area contributed by atoms with Gasteiger partial charge in [0.05, 0.1) is 10.7 Å². The third-order valence-electron chi connectivity index (χ3n) is 4.03. The molecule has 1 aromatic heterocycles. The van der Waals surface area contributed by atoms with E-state index in [1.54, 1.807) is 0 Å². The molecule has 106 valence electrons. The molecule has 0 amide bonds. The Morgan fingerprint density at radius 3 is 3.00 bits per heavy atom. The average molecular weight is 299 g/mol. The van der Waals surface area contributed by atoms with E-state index in [2.05, 4.69) is 36.1 Å². The molecule has 0 spiro atoms. The predicted molar refractivity (Wildman–Crippen MR) is 80.9 cm³/mol. The second kappa shape index (κ2) is 5.66. The highest BCUT2D eigenvalue weighted by Gasteiger charge is 2.38. The fourth-order valence-corrected chi connectivity index (χ4v) is 5.72. The third-order valence-corrected chi connectivity index (χ3v) is 7.28. The second-order valence-electron chi connectivity index (χ2n) is 5.55. The first-order chi connectivity index (χ1) is 9.23. The molecule has 2 aliphatic rings. The largest absolute Gasteiger partial charge is 0.339 e. The van der Waals surface area contributed by atoms with E-state index >= 15 is 0 Å². The Labute approximate surface area is 122 Å². The van der Waals surface area contributed by atoms with E-state index in [-0.39, 0.29) is 5.41 Å². The lowest BCUT2D eigenvalue weighted by atomic mass is 9.90. The van der Waals surface area contributed by atoms with Gasteiger partial charge in [-0.05, 0) is 26.3 Å². The highest BCUT2D eigenvalue weighted by molar-refractivity contribution is 8.06. The van der Waals surface area contributed by atoms with Crippen LogP contribution in [-0.4, -0.2) is 40.0 Å². The minimum Gasteiger partial charge on any atom is -0.339 e. The van der Waals surface area contributed by atoms with Crippen molar-refractivity contribution in [1.29, 1.82) is 0 Å². The number of thioether (sulfide) groups is 2. The molecule has 4 nitrogen and oxygen atoms in total. The van der Waals surface area contributed by atoms with E-state index in [9.17, 15) is 0 Å². The van der Waals surface area contributed by atoms with Gasteiger partial charge in [0.15, 0.2) is 5.82 Å². The molecule has 2 saturated heterocycles. The minimum absolute atomic E-state index is 0.0272. The number of hydrogen-bond acceptors (Lipinski definition) is 6. The molecule has 2 fully saturated rings. The zero-order valence-corrected chi connectivity index (χ0v) is 13.1. The summed E-state index contributed by atoms with van der Waals surface area (Å²) in [6.07, 6.45) is 2.25. The highest BCUT2D eigenvalue weighted by Crippen LogP contribution is 2.43. The zero-order valence-electron chi connectivity index (χ0n) is 11.5. The van der Waals surface area contributed by atoms with Gasteiger partial charge in [0, 0.05) is 23.3 Å². The number of nitrogens with one attached hydrogen (secondary N) is 1. The summed E-state index contributed by atoms with van der Waals surface area (Å²) in [6.45, 7) is 6.45. The molecule has 0 aliphatic carbocycles. The van der Waals surface area contributed by atoms with Crippen molar-refractivity contribution >= 4 is 23.5 Å². The quantitative estimate of drug-likeness (QED) is 0.926. The van der Waals surface area contributed by atoms with E-state index in [1.807, 2.05) is 11.8 Å². The summed E-state index contributed by atoms with van der Waals surface area (Å²) < 4.78 is 5.57. The van der Waals surface area contributed by atoms with Crippen molar-refractivity contribution in [2.45, 2.75) is 42.6 Å². The molecule has 19 heavy (non-hydrogen) atoms. The monoisotopic (exact) mass is 299 g/mol. The molecule has 2 aliphatic heterocycles. The molecule has 0 saturated carbocycles. The number of nitrogens with zero attached hydrogens (tertiary/aromatic N) is 2. The SMILES string of the molecule is CCC1SCCSC1c1noc(C2(C)CCNC2)n1. The normalized spacial score (nSPS) is 35.7. The topological polar surface area (TPSA) is 51.0 Å². The Balaban J connectivity index is 1.80. The fourth-order valence-electron chi connectivity index (χ4n) is 2.74. The molecular formula is C13H21N3OS2. The van der Waals surface area contributed by atoms with Crippen LogP contribution in [0.4, 0.5) is 0 Å². The van der Waals surface area contributed by atoms with Gasteiger partial charge < -0.3 is 9.84 Å². The molecule has 3 rings (SSSR count). The smallest absolute Gasteiger partial charge is 0.233 e. The van der Waals surface area contributed by atoms with Crippen molar-refractivity contribution in [3.05, 3.63) is 11.7 Å². The van der Waals surface area contributed by atoms with Crippen LogP contribution in [0, 0.1) is 0 Å². The number of hydrogen-bond donors (Lipinski definition) is 1. The summed E-state index contributed by atoms with van der Waals surface area (Å²) >= 11 is 4.03. The van der Waals surface area contributed by atoms with Crippen LogP contribution in [0.25, 0.3) is 0 Å². The van der Waals surface area contributed by atoms with Crippen LogP contribution in [0.1, 0.15) is 43.7 Å².